The topological polar surface area (TPSA) is 95.5 Å². The lowest BCUT2D eigenvalue weighted by Crippen LogP contribution is -2.53. The first-order valence-corrected chi connectivity index (χ1v) is 12.2. The first-order chi connectivity index (χ1) is 17.3. The summed E-state index contributed by atoms with van der Waals surface area (Å²) in [6.45, 7) is 8.09. The van der Waals surface area contributed by atoms with Gasteiger partial charge in [0.2, 0.25) is 6.23 Å². The predicted molar refractivity (Wildman–Crippen MR) is 131 cm³/mol. The van der Waals surface area contributed by atoms with Gasteiger partial charge in [0, 0.05) is 13.6 Å². The average molecular weight is 526 g/mol. The van der Waals surface area contributed by atoms with Crippen LogP contribution in [0.3, 0.4) is 0 Å². The molecule has 12 heteroatoms. The molecular formula is C25H34F3N5O4. The number of hydroxylamine groups is 2. The van der Waals surface area contributed by atoms with E-state index in [1.807, 2.05) is 13.0 Å². The number of nitrogens with one attached hydrogen (secondary N) is 2. The third-order valence-electron chi connectivity index (χ3n) is 5.66. The van der Waals surface area contributed by atoms with Gasteiger partial charge in [0.1, 0.15) is 17.0 Å². The third kappa shape index (κ3) is 7.22. The van der Waals surface area contributed by atoms with Crippen LogP contribution in [0, 0.1) is 0 Å². The summed E-state index contributed by atoms with van der Waals surface area (Å²) in [5.74, 6) is -0.482. The van der Waals surface area contributed by atoms with E-state index in [1.54, 1.807) is 45.0 Å². The van der Waals surface area contributed by atoms with Gasteiger partial charge in [-0.3, -0.25) is 9.69 Å². The van der Waals surface area contributed by atoms with Crippen LogP contribution in [-0.2, 0) is 20.9 Å². The minimum atomic E-state index is -4.77. The lowest BCUT2D eigenvalue weighted by atomic mass is 10.0. The fraction of sp³-hybridized carbons (Fsp3) is 0.560. The molecule has 0 spiro atoms. The summed E-state index contributed by atoms with van der Waals surface area (Å²) in [6, 6.07) is 8.57. The molecule has 0 aromatic heterocycles. The summed E-state index contributed by atoms with van der Waals surface area (Å²) in [5, 5.41) is 6.56. The van der Waals surface area contributed by atoms with Crippen LogP contribution in [0.4, 0.5) is 18.0 Å². The largest absolute Gasteiger partial charge is 0.444 e. The molecule has 0 bridgehead atoms. The van der Waals surface area contributed by atoms with Crippen LogP contribution in [-0.4, -0.2) is 72.0 Å². The van der Waals surface area contributed by atoms with Gasteiger partial charge in [-0.15, -0.1) is 0 Å². The molecule has 2 aliphatic heterocycles. The molecule has 2 N–H and O–H groups in total. The summed E-state index contributed by atoms with van der Waals surface area (Å²) in [5.41, 5.74) is -1.51. The molecule has 0 fully saturated rings. The monoisotopic (exact) mass is 525 g/mol. The van der Waals surface area contributed by atoms with Crippen molar-refractivity contribution in [3.63, 3.8) is 0 Å². The van der Waals surface area contributed by atoms with Gasteiger partial charge in [0.15, 0.2) is 5.70 Å². The zero-order valence-corrected chi connectivity index (χ0v) is 21.7. The number of carbonyl (C=O) groups excluding carboxylic acids is 2. The second kappa shape index (κ2) is 11.5. The van der Waals surface area contributed by atoms with Crippen molar-refractivity contribution in [1.29, 1.82) is 0 Å². The van der Waals surface area contributed by atoms with Crippen LogP contribution in [0.2, 0.25) is 0 Å². The molecular weight excluding hydrogens is 491 g/mol. The molecule has 1 aromatic carbocycles. The van der Waals surface area contributed by atoms with Crippen LogP contribution < -0.4 is 10.6 Å². The maximum absolute atomic E-state index is 13.8. The molecule has 0 aliphatic carbocycles. The van der Waals surface area contributed by atoms with Crippen molar-refractivity contribution in [2.75, 3.05) is 20.1 Å². The van der Waals surface area contributed by atoms with E-state index in [-0.39, 0.29) is 6.54 Å². The molecule has 3 rings (SSSR count). The van der Waals surface area contributed by atoms with E-state index < -0.39 is 47.3 Å². The van der Waals surface area contributed by atoms with Crippen LogP contribution in [0.1, 0.15) is 46.1 Å². The number of alkyl carbamates (subject to hydrolysis) is 1. The molecule has 2 heterocycles. The Bertz CT molecular complexity index is 1040. The SMILES string of the molecule is CCC(NCCCNC(=O)OC(C)(C)C)C1=NC2ON(C)C(C(F)(F)F)=C2C(=O)N1Cc1ccccc1. The van der Waals surface area contributed by atoms with Crippen molar-refractivity contribution in [1.82, 2.24) is 20.6 Å². The highest BCUT2D eigenvalue weighted by Crippen LogP contribution is 2.40. The number of halogens is 3. The zero-order chi connectivity index (χ0) is 27.4. The predicted octanol–water partition coefficient (Wildman–Crippen LogP) is 3.73. The number of ether oxygens (including phenoxy) is 1. The highest BCUT2D eigenvalue weighted by Gasteiger charge is 2.52. The number of carbonyl (C=O) groups is 2. The molecule has 2 amide bonds. The number of hydrogen-bond acceptors (Lipinski definition) is 7. The van der Waals surface area contributed by atoms with Gasteiger partial charge in [-0.2, -0.15) is 13.2 Å². The smallest absolute Gasteiger partial charge is 0.434 e. The van der Waals surface area contributed by atoms with Crippen LogP contribution in [0.15, 0.2) is 46.6 Å². The van der Waals surface area contributed by atoms with E-state index in [2.05, 4.69) is 15.6 Å². The molecule has 1 aromatic rings. The fourth-order valence-corrected chi connectivity index (χ4v) is 4.09. The minimum Gasteiger partial charge on any atom is -0.444 e. The second-order valence-electron chi connectivity index (χ2n) is 9.78. The number of allylic oxidation sites excluding steroid dienone is 1. The lowest BCUT2D eigenvalue weighted by molar-refractivity contribution is -0.176. The second-order valence-corrected chi connectivity index (χ2v) is 9.78. The van der Waals surface area contributed by atoms with Gasteiger partial charge >= 0.3 is 12.3 Å². The highest BCUT2D eigenvalue weighted by molar-refractivity contribution is 6.11. The Balaban J connectivity index is 1.79. The highest BCUT2D eigenvalue weighted by atomic mass is 19.4. The standard InChI is InChI=1S/C25H34F3N5O4/c1-6-17(29-13-10-14-30-23(35)36-24(2,3)4)20-31-21-18(19(25(26,27)28)32(5)37-21)22(34)33(20)15-16-11-8-7-9-12-16/h7-9,11-12,17,21,29H,6,10,13-15H2,1-5H3,(H,30,35). The first-order valence-electron chi connectivity index (χ1n) is 12.2. The summed E-state index contributed by atoms with van der Waals surface area (Å²) >= 11 is 0. The van der Waals surface area contributed by atoms with Crippen molar-refractivity contribution in [2.24, 2.45) is 4.99 Å². The quantitative estimate of drug-likeness (QED) is 0.477. The normalized spacial score (nSPS) is 19.1. The molecule has 9 nitrogen and oxygen atoms in total. The zero-order valence-electron chi connectivity index (χ0n) is 21.7. The Kier molecular flexibility index (Phi) is 8.85. The first kappa shape index (κ1) is 28.5. The molecule has 0 saturated carbocycles. The van der Waals surface area contributed by atoms with Gasteiger partial charge < -0.3 is 15.4 Å². The van der Waals surface area contributed by atoms with Crippen LogP contribution in [0.5, 0.6) is 0 Å². The number of rotatable bonds is 9. The van der Waals surface area contributed by atoms with Crippen molar-refractivity contribution in [3.05, 3.63) is 47.2 Å². The van der Waals surface area contributed by atoms with Crippen molar-refractivity contribution in [2.45, 2.75) is 71.1 Å². The number of hydrogen-bond donors (Lipinski definition) is 2. The molecule has 2 aliphatic rings. The number of amides is 2. The van der Waals surface area contributed by atoms with E-state index in [0.717, 1.165) is 12.6 Å². The summed E-state index contributed by atoms with van der Waals surface area (Å²) < 4.78 is 46.5. The summed E-state index contributed by atoms with van der Waals surface area (Å²) in [7, 11) is 1.12. The van der Waals surface area contributed by atoms with E-state index in [1.165, 1.54) is 4.90 Å². The number of fused-ring (bicyclic) bond motifs is 1. The molecule has 0 saturated heterocycles. The Morgan fingerprint density at radius 3 is 2.46 bits per heavy atom. The third-order valence-corrected chi connectivity index (χ3v) is 5.66. The molecule has 2 unspecified atom stereocenters. The maximum Gasteiger partial charge on any atom is 0.434 e. The van der Waals surface area contributed by atoms with Crippen LogP contribution >= 0.6 is 0 Å². The number of aliphatic imine (C=N–C) groups is 1. The molecule has 2 atom stereocenters. The molecule has 37 heavy (non-hydrogen) atoms. The van der Waals surface area contributed by atoms with E-state index in [9.17, 15) is 22.8 Å². The summed E-state index contributed by atoms with van der Waals surface area (Å²) in [6.07, 6.45) is -5.59. The van der Waals surface area contributed by atoms with Crippen molar-refractivity contribution in [3.8, 4) is 0 Å². The Morgan fingerprint density at radius 1 is 1.19 bits per heavy atom. The summed E-state index contributed by atoms with van der Waals surface area (Å²) in [4.78, 5) is 36.4. The van der Waals surface area contributed by atoms with Gasteiger partial charge in [-0.25, -0.2) is 19.7 Å². The minimum absolute atomic E-state index is 0.0575. The number of amidine groups is 1. The van der Waals surface area contributed by atoms with Crippen molar-refractivity contribution >= 4 is 17.8 Å². The average Bonchev–Trinajstić information content (AvgIpc) is 3.14. The Hall–Kier alpha value is -3.12. The Morgan fingerprint density at radius 2 is 1.86 bits per heavy atom. The Labute approximate surface area is 214 Å². The van der Waals surface area contributed by atoms with E-state index in [0.29, 0.717) is 36.8 Å². The van der Waals surface area contributed by atoms with Gasteiger partial charge in [0.25, 0.3) is 5.91 Å². The number of nitrogens with zero attached hydrogens (tertiary/aromatic N) is 3. The number of alkyl halides is 3. The molecule has 0 radical (unpaired) electrons. The van der Waals surface area contributed by atoms with E-state index >= 15 is 0 Å². The maximum atomic E-state index is 13.8. The van der Waals surface area contributed by atoms with Gasteiger partial charge in [-0.05, 0) is 45.7 Å². The number of benzene rings is 1. The van der Waals surface area contributed by atoms with E-state index in [4.69, 9.17) is 9.57 Å². The molecule has 204 valence electrons. The van der Waals surface area contributed by atoms with Gasteiger partial charge in [0.05, 0.1) is 12.6 Å². The fourth-order valence-electron chi connectivity index (χ4n) is 4.09. The lowest BCUT2D eigenvalue weighted by Gasteiger charge is -2.34. The van der Waals surface area contributed by atoms with Crippen molar-refractivity contribution < 1.29 is 32.3 Å². The van der Waals surface area contributed by atoms with Crippen LogP contribution in [0.25, 0.3) is 0 Å². The van der Waals surface area contributed by atoms with Gasteiger partial charge in [-0.1, -0.05) is 37.3 Å².